The number of ether oxygens (including phenoxy) is 3. The van der Waals surface area contributed by atoms with Crippen LogP contribution in [0.1, 0.15) is 16.7 Å². The lowest BCUT2D eigenvalue weighted by Crippen LogP contribution is -1.98. The summed E-state index contributed by atoms with van der Waals surface area (Å²) < 4.78 is 17.1. The molecule has 0 aliphatic carbocycles. The summed E-state index contributed by atoms with van der Waals surface area (Å²) in [4.78, 5) is 0. The van der Waals surface area contributed by atoms with Crippen molar-refractivity contribution in [1.29, 1.82) is 0 Å². The fourth-order valence-corrected chi connectivity index (χ4v) is 3.27. The van der Waals surface area contributed by atoms with Gasteiger partial charge in [0.05, 0.1) is 13.3 Å². The van der Waals surface area contributed by atoms with Crippen molar-refractivity contribution in [2.24, 2.45) is 0 Å². The molecule has 0 spiro atoms. The van der Waals surface area contributed by atoms with Crippen molar-refractivity contribution < 1.29 is 19.3 Å². The largest absolute Gasteiger partial charge is 0.507 e. The third-order valence-corrected chi connectivity index (χ3v) is 5.01. The molecule has 158 valence electrons. The van der Waals surface area contributed by atoms with E-state index in [4.69, 9.17) is 14.2 Å². The summed E-state index contributed by atoms with van der Waals surface area (Å²) in [7, 11) is 1.60. The van der Waals surface area contributed by atoms with E-state index in [1.807, 2.05) is 24.3 Å². The normalized spacial score (nSPS) is 10.7. The van der Waals surface area contributed by atoms with Gasteiger partial charge in [-0.1, -0.05) is 29.8 Å². The molecule has 6 heteroatoms. The van der Waals surface area contributed by atoms with Crippen LogP contribution in [0.4, 0.5) is 0 Å². The zero-order valence-corrected chi connectivity index (χ0v) is 17.7. The Labute approximate surface area is 181 Å². The molecule has 0 atom stereocenters. The maximum atomic E-state index is 10.6. The first-order chi connectivity index (χ1) is 15.0. The summed E-state index contributed by atoms with van der Waals surface area (Å²) in [6.07, 6.45) is 1.57. The van der Waals surface area contributed by atoms with Crippen molar-refractivity contribution in [2.45, 2.75) is 20.5 Å². The van der Waals surface area contributed by atoms with Gasteiger partial charge in [-0.25, -0.2) is 0 Å². The Morgan fingerprint density at radius 1 is 0.935 bits per heavy atom. The SMILES string of the molecule is COc1cccc(Oc2cn[nH]c2-c2ccc(OCc3cc(C)ccc3C)cc2O)c1. The van der Waals surface area contributed by atoms with Crippen LogP contribution < -0.4 is 14.2 Å². The van der Waals surface area contributed by atoms with Gasteiger partial charge in [-0.2, -0.15) is 5.10 Å². The van der Waals surface area contributed by atoms with E-state index >= 15 is 0 Å². The van der Waals surface area contributed by atoms with Gasteiger partial charge in [0.2, 0.25) is 0 Å². The van der Waals surface area contributed by atoms with Crippen LogP contribution in [0.15, 0.2) is 66.9 Å². The van der Waals surface area contributed by atoms with Crippen molar-refractivity contribution in [1.82, 2.24) is 10.2 Å². The Morgan fingerprint density at radius 3 is 2.58 bits per heavy atom. The standard InChI is InChI=1S/C25H24N2O4/c1-16-7-8-17(2)18(11-16)15-30-20-9-10-22(23(28)13-20)25-24(14-26-27-25)31-21-6-4-5-19(12-21)29-3/h4-14,28H,15H2,1-3H3,(H,26,27). The molecule has 4 rings (SSSR count). The lowest BCUT2D eigenvalue weighted by atomic mass is 10.1. The average Bonchev–Trinajstić information content (AvgIpc) is 3.22. The molecule has 0 aliphatic heterocycles. The molecule has 0 radical (unpaired) electrons. The van der Waals surface area contributed by atoms with Crippen LogP contribution in [0.25, 0.3) is 11.3 Å². The Hall–Kier alpha value is -3.93. The van der Waals surface area contributed by atoms with Gasteiger partial charge < -0.3 is 19.3 Å². The number of phenols is 1. The lowest BCUT2D eigenvalue weighted by Gasteiger charge is -2.12. The molecule has 0 fully saturated rings. The van der Waals surface area contributed by atoms with Crippen LogP contribution in [0, 0.1) is 13.8 Å². The second-order valence-electron chi connectivity index (χ2n) is 7.29. The fourth-order valence-electron chi connectivity index (χ4n) is 3.27. The van der Waals surface area contributed by atoms with Gasteiger partial charge in [0.15, 0.2) is 5.75 Å². The maximum absolute atomic E-state index is 10.6. The molecule has 31 heavy (non-hydrogen) atoms. The number of hydrogen-bond donors (Lipinski definition) is 2. The molecule has 0 amide bonds. The topological polar surface area (TPSA) is 76.6 Å². The molecular formula is C25H24N2O4. The maximum Gasteiger partial charge on any atom is 0.173 e. The first kappa shape index (κ1) is 20.3. The third kappa shape index (κ3) is 4.64. The first-order valence-electron chi connectivity index (χ1n) is 9.91. The number of methoxy groups -OCH3 is 1. The van der Waals surface area contributed by atoms with E-state index in [0.29, 0.717) is 40.9 Å². The molecular weight excluding hydrogens is 392 g/mol. The van der Waals surface area contributed by atoms with Gasteiger partial charge in [-0.3, -0.25) is 5.10 Å². The predicted molar refractivity (Wildman–Crippen MR) is 119 cm³/mol. The summed E-state index contributed by atoms with van der Waals surface area (Å²) >= 11 is 0. The smallest absolute Gasteiger partial charge is 0.173 e. The van der Waals surface area contributed by atoms with Crippen molar-refractivity contribution in [3.63, 3.8) is 0 Å². The molecule has 0 unspecified atom stereocenters. The quantitative estimate of drug-likeness (QED) is 0.399. The highest BCUT2D eigenvalue weighted by Gasteiger charge is 2.15. The predicted octanol–water partition coefficient (Wildman–Crippen LogP) is 5.78. The average molecular weight is 416 g/mol. The van der Waals surface area contributed by atoms with Crippen molar-refractivity contribution in [3.8, 4) is 40.0 Å². The summed E-state index contributed by atoms with van der Waals surface area (Å²) in [5, 5.41) is 17.6. The van der Waals surface area contributed by atoms with Gasteiger partial charge in [-0.05, 0) is 49.2 Å². The van der Waals surface area contributed by atoms with Crippen LogP contribution in [0.2, 0.25) is 0 Å². The molecule has 0 saturated heterocycles. The van der Waals surface area contributed by atoms with Crippen molar-refractivity contribution in [3.05, 3.63) is 83.6 Å². The molecule has 4 aromatic rings. The monoisotopic (exact) mass is 416 g/mol. The van der Waals surface area contributed by atoms with Gasteiger partial charge in [0, 0.05) is 17.7 Å². The van der Waals surface area contributed by atoms with Crippen LogP contribution in [-0.4, -0.2) is 22.4 Å². The van der Waals surface area contributed by atoms with Crippen LogP contribution in [0.3, 0.4) is 0 Å². The molecule has 1 aromatic heterocycles. The second kappa shape index (κ2) is 8.83. The molecule has 2 N–H and O–H groups in total. The zero-order chi connectivity index (χ0) is 21.8. The number of H-pyrrole nitrogens is 1. The summed E-state index contributed by atoms with van der Waals surface area (Å²) in [6.45, 7) is 4.54. The minimum Gasteiger partial charge on any atom is -0.507 e. The molecule has 0 saturated carbocycles. The Morgan fingerprint density at radius 2 is 1.77 bits per heavy atom. The van der Waals surface area contributed by atoms with E-state index in [9.17, 15) is 5.11 Å². The molecule has 0 aliphatic rings. The van der Waals surface area contributed by atoms with E-state index in [-0.39, 0.29) is 5.75 Å². The van der Waals surface area contributed by atoms with E-state index in [0.717, 1.165) is 5.56 Å². The summed E-state index contributed by atoms with van der Waals surface area (Å²) in [5.41, 5.74) is 4.61. The molecule has 6 nitrogen and oxygen atoms in total. The minimum absolute atomic E-state index is 0.0678. The number of aromatic amines is 1. The summed E-state index contributed by atoms with van der Waals surface area (Å²) in [5.74, 6) is 2.44. The van der Waals surface area contributed by atoms with E-state index in [1.165, 1.54) is 11.1 Å². The number of aromatic hydroxyl groups is 1. The van der Waals surface area contributed by atoms with Crippen molar-refractivity contribution in [2.75, 3.05) is 7.11 Å². The van der Waals surface area contributed by atoms with Crippen LogP contribution >= 0.6 is 0 Å². The third-order valence-electron chi connectivity index (χ3n) is 5.01. The molecule has 1 heterocycles. The Bertz CT molecular complexity index is 1200. The van der Waals surface area contributed by atoms with Gasteiger partial charge >= 0.3 is 0 Å². The van der Waals surface area contributed by atoms with Crippen LogP contribution in [-0.2, 0) is 6.61 Å². The molecule has 3 aromatic carbocycles. The highest BCUT2D eigenvalue weighted by Crippen LogP contribution is 2.38. The van der Waals surface area contributed by atoms with Gasteiger partial charge in [-0.15, -0.1) is 0 Å². The molecule has 0 bridgehead atoms. The highest BCUT2D eigenvalue weighted by atomic mass is 16.5. The first-order valence-corrected chi connectivity index (χ1v) is 9.91. The number of nitrogens with one attached hydrogen (secondary N) is 1. The zero-order valence-electron chi connectivity index (χ0n) is 17.7. The van der Waals surface area contributed by atoms with E-state index < -0.39 is 0 Å². The minimum atomic E-state index is 0.0678. The lowest BCUT2D eigenvalue weighted by molar-refractivity contribution is 0.303. The van der Waals surface area contributed by atoms with Crippen LogP contribution in [0.5, 0.6) is 28.7 Å². The highest BCUT2D eigenvalue weighted by molar-refractivity contribution is 5.73. The number of aromatic nitrogens is 2. The fraction of sp³-hybridized carbons (Fsp3) is 0.160. The van der Waals surface area contributed by atoms with E-state index in [2.05, 4.69) is 42.2 Å². The van der Waals surface area contributed by atoms with Gasteiger partial charge in [0.1, 0.15) is 35.3 Å². The van der Waals surface area contributed by atoms with E-state index in [1.54, 1.807) is 31.5 Å². The Kier molecular flexibility index (Phi) is 5.80. The Balaban J connectivity index is 1.52. The summed E-state index contributed by atoms with van der Waals surface area (Å²) in [6, 6.07) is 18.7. The van der Waals surface area contributed by atoms with Crippen molar-refractivity contribution >= 4 is 0 Å². The number of aryl methyl sites for hydroxylation is 2. The number of nitrogens with zero attached hydrogens (tertiary/aromatic N) is 1. The number of phenolic OH excluding ortho intramolecular Hbond substituents is 1. The second-order valence-corrected chi connectivity index (χ2v) is 7.29. The number of benzene rings is 3. The number of rotatable bonds is 7. The number of hydrogen-bond acceptors (Lipinski definition) is 5. The van der Waals surface area contributed by atoms with Gasteiger partial charge in [0.25, 0.3) is 0 Å².